The number of fused-ring (bicyclic) bond motifs is 1. The highest BCUT2D eigenvalue weighted by atomic mass is 16.5. The molecule has 20 heavy (non-hydrogen) atoms. The second kappa shape index (κ2) is 5.92. The van der Waals surface area contributed by atoms with E-state index in [1.165, 1.54) is 0 Å². The highest BCUT2D eigenvalue weighted by Gasteiger charge is 2.24. The second-order valence-corrected chi connectivity index (χ2v) is 5.16. The third kappa shape index (κ3) is 3.08. The maximum absolute atomic E-state index is 11.7. The normalized spacial score (nSPS) is 15.3. The first-order valence-corrected chi connectivity index (χ1v) is 6.61. The number of hydrazine groups is 1. The molecule has 108 valence electrons. The largest absolute Gasteiger partial charge is 0.480 e. The van der Waals surface area contributed by atoms with Gasteiger partial charge < -0.3 is 10.1 Å². The van der Waals surface area contributed by atoms with Gasteiger partial charge in [-0.05, 0) is 24.0 Å². The molecule has 1 aromatic rings. The molecule has 1 aliphatic heterocycles. The van der Waals surface area contributed by atoms with Crippen molar-refractivity contribution in [2.45, 2.75) is 32.8 Å². The fraction of sp³-hybridized carbons (Fsp3) is 0.429. The SMILES string of the molecule is CC(C)C(Oc1ccc2c(c1)NC(=O)CC2)C(=O)NN. The standard InChI is InChI=1S/C14H19N3O3/c1-8(2)13(14(19)17-15)20-10-5-3-9-4-6-12(18)16-11(9)7-10/h3,5,7-8,13H,4,6,15H2,1-2H3,(H,16,18)(H,17,19). The number of nitrogens with one attached hydrogen (secondary N) is 2. The van der Waals surface area contributed by atoms with Gasteiger partial charge in [-0.25, -0.2) is 5.84 Å². The van der Waals surface area contributed by atoms with Crippen molar-refractivity contribution >= 4 is 17.5 Å². The highest BCUT2D eigenvalue weighted by molar-refractivity contribution is 5.94. The van der Waals surface area contributed by atoms with Gasteiger partial charge in [0.25, 0.3) is 5.91 Å². The Labute approximate surface area is 117 Å². The van der Waals surface area contributed by atoms with Crippen LogP contribution in [0.15, 0.2) is 18.2 Å². The summed E-state index contributed by atoms with van der Waals surface area (Å²) in [6.07, 6.45) is 0.549. The minimum absolute atomic E-state index is 0.00485. The molecule has 2 amide bonds. The van der Waals surface area contributed by atoms with Crippen molar-refractivity contribution in [3.05, 3.63) is 23.8 Å². The molecule has 0 spiro atoms. The molecule has 0 saturated heterocycles. The van der Waals surface area contributed by atoms with Gasteiger partial charge in [0.05, 0.1) is 0 Å². The summed E-state index contributed by atoms with van der Waals surface area (Å²) in [5.74, 6) is 5.29. The van der Waals surface area contributed by atoms with Gasteiger partial charge in [-0.2, -0.15) is 0 Å². The van der Waals surface area contributed by atoms with E-state index in [0.29, 0.717) is 12.2 Å². The topological polar surface area (TPSA) is 93.4 Å². The Kier molecular flexibility index (Phi) is 4.24. The van der Waals surface area contributed by atoms with Gasteiger partial charge >= 0.3 is 0 Å². The molecule has 1 unspecified atom stereocenters. The van der Waals surface area contributed by atoms with Crippen molar-refractivity contribution in [3.8, 4) is 5.75 Å². The fourth-order valence-electron chi connectivity index (χ4n) is 2.15. The van der Waals surface area contributed by atoms with Gasteiger partial charge in [0.2, 0.25) is 5.91 Å². The molecule has 4 N–H and O–H groups in total. The Morgan fingerprint density at radius 1 is 1.40 bits per heavy atom. The summed E-state index contributed by atoms with van der Waals surface area (Å²) in [7, 11) is 0. The highest BCUT2D eigenvalue weighted by Crippen LogP contribution is 2.28. The quantitative estimate of drug-likeness (QED) is 0.434. The van der Waals surface area contributed by atoms with E-state index in [-0.39, 0.29) is 17.7 Å². The lowest BCUT2D eigenvalue weighted by atomic mass is 10.0. The molecule has 1 aliphatic rings. The summed E-state index contributed by atoms with van der Waals surface area (Å²) in [5.41, 5.74) is 3.92. The maximum atomic E-state index is 11.7. The van der Waals surface area contributed by atoms with Crippen LogP contribution in [0.3, 0.4) is 0 Å². The number of hydrogen-bond donors (Lipinski definition) is 3. The summed E-state index contributed by atoms with van der Waals surface area (Å²) >= 11 is 0. The van der Waals surface area contributed by atoms with E-state index in [4.69, 9.17) is 10.6 Å². The first-order chi connectivity index (χ1) is 9.51. The van der Waals surface area contributed by atoms with Crippen LogP contribution in [-0.2, 0) is 16.0 Å². The predicted molar refractivity (Wildman–Crippen MR) is 75.0 cm³/mol. The van der Waals surface area contributed by atoms with Crippen molar-refractivity contribution in [1.82, 2.24) is 5.43 Å². The number of aryl methyl sites for hydroxylation is 1. The fourth-order valence-corrected chi connectivity index (χ4v) is 2.15. The Balaban J connectivity index is 2.19. The van der Waals surface area contributed by atoms with Crippen LogP contribution in [0.1, 0.15) is 25.8 Å². The van der Waals surface area contributed by atoms with Crippen LogP contribution in [-0.4, -0.2) is 17.9 Å². The minimum Gasteiger partial charge on any atom is -0.480 e. The first-order valence-electron chi connectivity index (χ1n) is 6.61. The molecule has 1 atom stereocenters. The van der Waals surface area contributed by atoms with Crippen LogP contribution in [0, 0.1) is 5.92 Å². The smallest absolute Gasteiger partial charge is 0.275 e. The lowest BCUT2D eigenvalue weighted by Gasteiger charge is -2.22. The van der Waals surface area contributed by atoms with Crippen LogP contribution in [0.2, 0.25) is 0 Å². The number of benzene rings is 1. The maximum Gasteiger partial charge on any atom is 0.275 e. The summed E-state index contributed by atoms with van der Waals surface area (Å²) < 4.78 is 5.69. The number of amides is 2. The monoisotopic (exact) mass is 277 g/mol. The van der Waals surface area contributed by atoms with Gasteiger partial charge in [0.1, 0.15) is 5.75 Å². The van der Waals surface area contributed by atoms with E-state index in [1.54, 1.807) is 12.1 Å². The second-order valence-electron chi connectivity index (χ2n) is 5.16. The molecular weight excluding hydrogens is 258 g/mol. The third-order valence-corrected chi connectivity index (χ3v) is 3.25. The Bertz CT molecular complexity index is 528. The zero-order valence-corrected chi connectivity index (χ0v) is 11.6. The molecule has 6 heteroatoms. The lowest BCUT2D eigenvalue weighted by Crippen LogP contribution is -2.44. The summed E-state index contributed by atoms with van der Waals surface area (Å²) in [6, 6.07) is 5.45. The molecule has 1 aromatic carbocycles. The zero-order chi connectivity index (χ0) is 14.7. The Morgan fingerprint density at radius 3 is 2.80 bits per heavy atom. The zero-order valence-electron chi connectivity index (χ0n) is 11.6. The average Bonchev–Trinajstić information content (AvgIpc) is 2.43. The van der Waals surface area contributed by atoms with Gasteiger partial charge in [0.15, 0.2) is 6.10 Å². The number of carbonyl (C=O) groups is 2. The van der Waals surface area contributed by atoms with Crippen LogP contribution >= 0.6 is 0 Å². The van der Waals surface area contributed by atoms with Crippen LogP contribution in [0.25, 0.3) is 0 Å². The van der Waals surface area contributed by atoms with Gasteiger partial charge in [-0.1, -0.05) is 19.9 Å². The summed E-state index contributed by atoms with van der Waals surface area (Å²) in [5, 5.41) is 2.80. The number of rotatable bonds is 4. The van der Waals surface area contributed by atoms with Crippen molar-refractivity contribution in [2.24, 2.45) is 11.8 Å². The Hall–Kier alpha value is -2.08. The van der Waals surface area contributed by atoms with E-state index in [9.17, 15) is 9.59 Å². The number of ether oxygens (including phenoxy) is 1. The van der Waals surface area contributed by atoms with Gasteiger partial charge in [0, 0.05) is 18.2 Å². The average molecular weight is 277 g/mol. The molecule has 0 saturated carbocycles. The number of anilines is 1. The molecule has 0 bridgehead atoms. The molecule has 1 heterocycles. The van der Waals surface area contributed by atoms with Crippen molar-refractivity contribution in [3.63, 3.8) is 0 Å². The number of carbonyl (C=O) groups excluding carboxylic acids is 2. The van der Waals surface area contributed by atoms with E-state index in [0.717, 1.165) is 17.7 Å². The molecule has 0 fully saturated rings. The van der Waals surface area contributed by atoms with E-state index < -0.39 is 6.10 Å². The predicted octanol–water partition coefficient (Wildman–Crippen LogP) is 0.965. The van der Waals surface area contributed by atoms with E-state index in [1.807, 2.05) is 19.9 Å². The summed E-state index contributed by atoms with van der Waals surface area (Å²) in [4.78, 5) is 23.1. The van der Waals surface area contributed by atoms with Crippen molar-refractivity contribution in [1.29, 1.82) is 0 Å². The lowest BCUT2D eigenvalue weighted by molar-refractivity contribution is -0.129. The van der Waals surface area contributed by atoms with E-state index in [2.05, 4.69) is 10.7 Å². The van der Waals surface area contributed by atoms with Crippen molar-refractivity contribution < 1.29 is 14.3 Å². The molecular formula is C14H19N3O3. The third-order valence-electron chi connectivity index (χ3n) is 3.25. The first kappa shape index (κ1) is 14.3. The molecule has 6 nitrogen and oxygen atoms in total. The van der Waals surface area contributed by atoms with Gasteiger partial charge in [-0.15, -0.1) is 0 Å². The van der Waals surface area contributed by atoms with Crippen LogP contribution < -0.4 is 21.3 Å². The molecule has 0 radical (unpaired) electrons. The minimum atomic E-state index is -0.669. The van der Waals surface area contributed by atoms with Crippen LogP contribution in [0.5, 0.6) is 5.75 Å². The molecule has 0 aliphatic carbocycles. The Morgan fingerprint density at radius 2 is 2.15 bits per heavy atom. The molecule has 2 rings (SSSR count). The summed E-state index contributed by atoms with van der Waals surface area (Å²) in [6.45, 7) is 3.75. The van der Waals surface area contributed by atoms with Crippen LogP contribution in [0.4, 0.5) is 5.69 Å². The van der Waals surface area contributed by atoms with Gasteiger partial charge in [-0.3, -0.25) is 15.0 Å². The molecule has 0 aromatic heterocycles. The van der Waals surface area contributed by atoms with E-state index >= 15 is 0 Å². The van der Waals surface area contributed by atoms with Crippen molar-refractivity contribution in [2.75, 3.05) is 5.32 Å². The number of hydrogen-bond acceptors (Lipinski definition) is 4. The number of nitrogens with two attached hydrogens (primary N) is 1.